The number of rotatable bonds is 8. The predicted octanol–water partition coefficient (Wildman–Crippen LogP) is 4.21. The molecule has 140 valence electrons. The molecule has 0 amide bonds. The Morgan fingerprint density at radius 1 is 0.852 bits per heavy atom. The van der Waals surface area contributed by atoms with Crippen molar-refractivity contribution in [1.29, 1.82) is 0 Å². The van der Waals surface area contributed by atoms with Crippen LogP contribution in [-0.2, 0) is 0 Å². The summed E-state index contributed by atoms with van der Waals surface area (Å²) in [5.74, 6) is 1.86. The summed E-state index contributed by atoms with van der Waals surface area (Å²) in [5.41, 5.74) is 3.56. The van der Waals surface area contributed by atoms with Gasteiger partial charge in [0, 0.05) is 24.9 Å². The highest BCUT2D eigenvalue weighted by atomic mass is 16.5. The van der Waals surface area contributed by atoms with Gasteiger partial charge in [0.15, 0.2) is 0 Å². The highest BCUT2D eigenvalue weighted by Crippen LogP contribution is 2.33. The molecule has 0 saturated heterocycles. The Balaban J connectivity index is 1.86. The molecule has 1 atom stereocenters. The van der Waals surface area contributed by atoms with Crippen molar-refractivity contribution in [2.75, 3.05) is 34.4 Å². The fraction of sp³-hybridized carbons (Fsp3) is 0.261. The summed E-state index contributed by atoms with van der Waals surface area (Å²) >= 11 is 0. The molecule has 4 heteroatoms. The second-order valence-corrected chi connectivity index (χ2v) is 6.71. The van der Waals surface area contributed by atoms with E-state index >= 15 is 0 Å². The van der Waals surface area contributed by atoms with Gasteiger partial charge in [-0.2, -0.15) is 0 Å². The van der Waals surface area contributed by atoms with Gasteiger partial charge in [0.1, 0.15) is 18.1 Å². The molecule has 27 heavy (non-hydrogen) atoms. The minimum absolute atomic E-state index is 0.112. The molecule has 0 aliphatic carbocycles. The molecule has 0 radical (unpaired) electrons. The summed E-state index contributed by atoms with van der Waals surface area (Å²) in [6.45, 7) is 1.57. The third-order valence-electron chi connectivity index (χ3n) is 4.49. The van der Waals surface area contributed by atoms with E-state index in [1.54, 1.807) is 13.3 Å². The van der Waals surface area contributed by atoms with E-state index in [1.165, 1.54) is 11.1 Å². The van der Waals surface area contributed by atoms with Crippen molar-refractivity contribution in [1.82, 2.24) is 9.88 Å². The second kappa shape index (κ2) is 9.19. The molecular weight excluding hydrogens is 336 g/mol. The number of hydrogen-bond donors (Lipinski definition) is 0. The summed E-state index contributed by atoms with van der Waals surface area (Å²) in [6, 6.07) is 20.6. The molecule has 4 nitrogen and oxygen atoms in total. The Morgan fingerprint density at radius 3 is 2.00 bits per heavy atom. The molecule has 0 spiro atoms. The van der Waals surface area contributed by atoms with E-state index in [1.807, 2.05) is 50.6 Å². The molecule has 2 aromatic carbocycles. The Labute approximate surface area is 161 Å². The summed E-state index contributed by atoms with van der Waals surface area (Å²) in [5, 5.41) is 0. The first kappa shape index (κ1) is 18.9. The van der Waals surface area contributed by atoms with Gasteiger partial charge < -0.3 is 14.4 Å². The highest BCUT2D eigenvalue weighted by Gasteiger charge is 2.17. The number of pyridine rings is 1. The number of nitrogens with zero attached hydrogens (tertiary/aromatic N) is 2. The lowest BCUT2D eigenvalue weighted by Gasteiger charge is -2.19. The Bertz CT molecular complexity index is 815. The number of likely N-dealkylation sites (N-methyl/N-ethyl adjacent to an activating group) is 1. The van der Waals surface area contributed by atoms with E-state index in [-0.39, 0.29) is 5.92 Å². The Kier molecular flexibility index (Phi) is 6.44. The zero-order chi connectivity index (χ0) is 19.1. The molecule has 1 heterocycles. The highest BCUT2D eigenvalue weighted by molar-refractivity contribution is 5.45. The topological polar surface area (TPSA) is 34.6 Å². The average Bonchev–Trinajstić information content (AvgIpc) is 2.70. The zero-order valence-corrected chi connectivity index (χ0v) is 16.1. The molecule has 1 unspecified atom stereocenters. The van der Waals surface area contributed by atoms with E-state index in [0.29, 0.717) is 6.61 Å². The summed E-state index contributed by atoms with van der Waals surface area (Å²) in [4.78, 5) is 6.42. The maximum atomic E-state index is 5.82. The van der Waals surface area contributed by atoms with Gasteiger partial charge in [-0.15, -0.1) is 0 Å². The van der Waals surface area contributed by atoms with Crippen LogP contribution >= 0.6 is 0 Å². The standard InChI is InChI=1S/C23H26N2O2/c1-25(2)15-16-27-22-12-8-19(9-13-22)23(20-5-4-14-24-17-20)18-6-10-21(26-3)11-7-18/h4-14,17,23H,15-16H2,1-3H3. The van der Waals surface area contributed by atoms with Crippen LogP contribution in [0.25, 0.3) is 0 Å². The third kappa shape index (κ3) is 5.08. The van der Waals surface area contributed by atoms with Crippen LogP contribution in [-0.4, -0.2) is 44.2 Å². The van der Waals surface area contributed by atoms with Gasteiger partial charge in [-0.1, -0.05) is 30.3 Å². The van der Waals surface area contributed by atoms with Crippen LogP contribution in [0, 0.1) is 0 Å². The lowest BCUT2D eigenvalue weighted by Crippen LogP contribution is -2.19. The molecule has 0 fully saturated rings. The van der Waals surface area contributed by atoms with Crippen LogP contribution in [0.15, 0.2) is 73.1 Å². The maximum absolute atomic E-state index is 5.82. The van der Waals surface area contributed by atoms with E-state index < -0.39 is 0 Å². The van der Waals surface area contributed by atoms with Crippen molar-refractivity contribution in [3.05, 3.63) is 89.7 Å². The fourth-order valence-corrected chi connectivity index (χ4v) is 3.02. The lowest BCUT2D eigenvalue weighted by atomic mass is 9.86. The first-order chi connectivity index (χ1) is 13.2. The quantitative estimate of drug-likeness (QED) is 0.601. The third-order valence-corrected chi connectivity index (χ3v) is 4.49. The molecule has 0 N–H and O–H groups in total. The normalized spacial score (nSPS) is 12.0. The van der Waals surface area contributed by atoms with E-state index in [4.69, 9.17) is 9.47 Å². The van der Waals surface area contributed by atoms with Gasteiger partial charge in [0.2, 0.25) is 0 Å². The average molecular weight is 362 g/mol. The molecule has 3 aromatic rings. The van der Waals surface area contributed by atoms with Crippen molar-refractivity contribution in [3.63, 3.8) is 0 Å². The van der Waals surface area contributed by atoms with Crippen LogP contribution in [0.2, 0.25) is 0 Å². The number of aromatic nitrogens is 1. The van der Waals surface area contributed by atoms with Crippen LogP contribution in [0.5, 0.6) is 11.5 Å². The van der Waals surface area contributed by atoms with Gasteiger partial charge in [-0.3, -0.25) is 4.98 Å². The molecule has 3 rings (SSSR count). The Morgan fingerprint density at radius 2 is 1.48 bits per heavy atom. The first-order valence-corrected chi connectivity index (χ1v) is 9.09. The number of methoxy groups -OCH3 is 1. The van der Waals surface area contributed by atoms with Crippen LogP contribution in [0.4, 0.5) is 0 Å². The van der Waals surface area contributed by atoms with Crippen molar-refractivity contribution < 1.29 is 9.47 Å². The number of benzene rings is 2. The monoisotopic (exact) mass is 362 g/mol. The summed E-state index contributed by atoms with van der Waals surface area (Å²) in [7, 11) is 5.77. The van der Waals surface area contributed by atoms with Crippen molar-refractivity contribution in [2.24, 2.45) is 0 Å². The molecule has 0 bridgehead atoms. The van der Waals surface area contributed by atoms with Crippen molar-refractivity contribution >= 4 is 0 Å². The zero-order valence-electron chi connectivity index (χ0n) is 16.1. The number of ether oxygens (including phenoxy) is 2. The maximum Gasteiger partial charge on any atom is 0.119 e. The van der Waals surface area contributed by atoms with Crippen molar-refractivity contribution in [3.8, 4) is 11.5 Å². The summed E-state index contributed by atoms with van der Waals surface area (Å²) < 4.78 is 11.1. The second-order valence-electron chi connectivity index (χ2n) is 6.71. The molecule has 0 aliphatic rings. The minimum Gasteiger partial charge on any atom is -0.497 e. The lowest BCUT2D eigenvalue weighted by molar-refractivity contribution is 0.261. The molecule has 1 aromatic heterocycles. The van der Waals surface area contributed by atoms with E-state index in [0.717, 1.165) is 23.6 Å². The molecule has 0 saturated carbocycles. The summed E-state index contributed by atoms with van der Waals surface area (Å²) in [6.07, 6.45) is 3.73. The van der Waals surface area contributed by atoms with Crippen LogP contribution in [0.3, 0.4) is 0 Å². The number of hydrogen-bond acceptors (Lipinski definition) is 4. The molecular formula is C23H26N2O2. The smallest absolute Gasteiger partial charge is 0.119 e. The van der Waals surface area contributed by atoms with E-state index in [9.17, 15) is 0 Å². The van der Waals surface area contributed by atoms with Gasteiger partial charge >= 0.3 is 0 Å². The minimum atomic E-state index is 0.112. The van der Waals surface area contributed by atoms with Gasteiger partial charge in [0.25, 0.3) is 0 Å². The SMILES string of the molecule is COc1ccc(C(c2ccc(OCCN(C)C)cc2)c2cccnc2)cc1. The van der Waals surface area contributed by atoms with Gasteiger partial charge in [-0.05, 0) is 61.1 Å². The fourth-order valence-electron chi connectivity index (χ4n) is 3.02. The van der Waals surface area contributed by atoms with E-state index in [2.05, 4.69) is 40.2 Å². The molecule has 0 aliphatic heterocycles. The van der Waals surface area contributed by atoms with Crippen LogP contribution in [0.1, 0.15) is 22.6 Å². The Hall–Kier alpha value is -2.85. The largest absolute Gasteiger partial charge is 0.497 e. The first-order valence-electron chi connectivity index (χ1n) is 9.09. The van der Waals surface area contributed by atoms with Gasteiger partial charge in [-0.25, -0.2) is 0 Å². The van der Waals surface area contributed by atoms with Crippen molar-refractivity contribution in [2.45, 2.75) is 5.92 Å². The predicted molar refractivity (Wildman–Crippen MR) is 109 cm³/mol. The van der Waals surface area contributed by atoms with Crippen LogP contribution < -0.4 is 9.47 Å². The van der Waals surface area contributed by atoms with Gasteiger partial charge in [0.05, 0.1) is 7.11 Å².